The van der Waals surface area contributed by atoms with Crippen LogP contribution in [0.25, 0.3) is 0 Å². The second kappa shape index (κ2) is 12.5. The predicted molar refractivity (Wildman–Crippen MR) is 155 cm³/mol. The molecule has 1 unspecified atom stereocenters. The van der Waals surface area contributed by atoms with Crippen molar-refractivity contribution >= 4 is 67.8 Å². The molecule has 0 aliphatic rings. The summed E-state index contributed by atoms with van der Waals surface area (Å²) in [6.07, 6.45) is 0.247. The highest BCUT2D eigenvalue weighted by atomic mass is 35.5. The summed E-state index contributed by atoms with van der Waals surface area (Å²) in [4.78, 5) is 26.5. The van der Waals surface area contributed by atoms with E-state index >= 15 is 0 Å². The van der Waals surface area contributed by atoms with Crippen molar-refractivity contribution in [3.63, 3.8) is 0 Å². The molecule has 1 aromatic heterocycles. The molecule has 0 aliphatic heterocycles. The zero-order valence-electron chi connectivity index (χ0n) is 20.5. The van der Waals surface area contributed by atoms with E-state index in [9.17, 15) is 18.0 Å². The standard InChI is InChI=1S/C27H23Cl2N3O5S2/c1-37-24-12-9-18(15-22(24)32-39(35,36)19-10-11-20(28)21(29)16-19)30-26(33)23(14-17-6-3-2-4-7-17)31-27(34)25-8-5-13-38-25/h2-13,15-16,23,32H,14H2,1H3,(H,30,33)(H,31,34). The van der Waals surface area contributed by atoms with Crippen LogP contribution in [0.15, 0.2) is 89.1 Å². The van der Waals surface area contributed by atoms with Gasteiger partial charge in [-0.3, -0.25) is 14.3 Å². The molecule has 0 aliphatic carbocycles. The number of nitrogens with one attached hydrogen (secondary N) is 3. The molecule has 0 spiro atoms. The Kier molecular flexibility index (Phi) is 9.13. The number of sulfonamides is 1. The van der Waals surface area contributed by atoms with Gasteiger partial charge in [-0.1, -0.05) is 59.6 Å². The lowest BCUT2D eigenvalue weighted by Crippen LogP contribution is -2.45. The number of halogens is 2. The van der Waals surface area contributed by atoms with Crippen molar-refractivity contribution in [1.82, 2.24) is 5.32 Å². The Morgan fingerprint density at radius 3 is 2.38 bits per heavy atom. The minimum atomic E-state index is -4.07. The van der Waals surface area contributed by atoms with E-state index in [2.05, 4.69) is 15.4 Å². The monoisotopic (exact) mass is 603 g/mol. The maximum atomic E-state index is 13.3. The molecule has 202 valence electrons. The lowest BCUT2D eigenvalue weighted by Gasteiger charge is -2.19. The van der Waals surface area contributed by atoms with Gasteiger partial charge in [0.1, 0.15) is 11.8 Å². The van der Waals surface area contributed by atoms with Gasteiger partial charge in [-0.05, 0) is 53.4 Å². The summed E-state index contributed by atoms with van der Waals surface area (Å²) < 4.78 is 33.8. The van der Waals surface area contributed by atoms with Crippen molar-refractivity contribution in [3.05, 3.63) is 105 Å². The summed E-state index contributed by atoms with van der Waals surface area (Å²) in [5.41, 5.74) is 1.23. The molecule has 0 bridgehead atoms. The highest BCUT2D eigenvalue weighted by Gasteiger charge is 2.24. The molecular weight excluding hydrogens is 581 g/mol. The third kappa shape index (κ3) is 7.30. The van der Waals surface area contributed by atoms with Crippen LogP contribution in [0.4, 0.5) is 11.4 Å². The van der Waals surface area contributed by atoms with Crippen molar-refractivity contribution in [2.45, 2.75) is 17.4 Å². The number of rotatable bonds is 10. The molecule has 2 amide bonds. The lowest BCUT2D eigenvalue weighted by molar-refractivity contribution is -0.118. The molecule has 12 heteroatoms. The molecule has 4 rings (SSSR count). The van der Waals surface area contributed by atoms with E-state index in [1.54, 1.807) is 23.6 Å². The van der Waals surface area contributed by atoms with Crippen molar-refractivity contribution in [3.8, 4) is 5.75 Å². The maximum absolute atomic E-state index is 13.3. The fraction of sp³-hybridized carbons (Fsp3) is 0.111. The Morgan fingerprint density at radius 1 is 0.949 bits per heavy atom. The van der Waals surface area contributed by atoms with Gasteiger partial charge in [-0.25, -0.2) is 8.42 Å². The SMILES string of the molecule is COc1ccc(NC(=O)C(Cc2ccccc2)NC(=O)c2cccs2)cc1NS(=O)(=O)c1ccc(Cl)c(Cl)c1. The smallest absolute Gasteiger partial charge is 0.262 e. The Bertz CT molecular complexity index is 1580. The second-order valence-electron chi connectivity index (χ2n) is 8.28. The molecule has 0 radical (unpaired) electrons. The number of hydrogen-bond donors (Lipinski definition) is 3. The predicted octanol–water partition coefficient (Wildman–Crippen LogP) is 5.84. The summed E-state index contributed by atoms with van der Waals surface area (Å²) in [6.45, 7) is 0. The van der Waals surface area contributed by atoms with Crippen LogP contribution in [0.5, 0.6) is 5.75 Å². The highest BCUT2D eigenvalue weighted by Crippen LogP contribution is 2.31. The largest absolute Gasteiger partial charge is 0.495 e. The van der Waals surface area contributed by atoms with E-state index in [-0.39, 0.29) is 44.4 Å². The molecule has 0 saturated carbocycles. The first-order chi connectivity index (χ1) is 18.7. The number of hydrogen-bond acceptors (Lipinski definition) is 6. The van der Waals surface area contributed by atoms with Gasteiger partial charge in [0, 0.05) is 12.1 Å². The molecular formula is C27H23Cl2N3O5S2. The number of carbonyl (C=O) groups is 2. The summed E-state index contributed by atoms with van der Waals surface area (Å²) in [5, 5.41) is 7.64. The first kappa shape index (κ1) is 28.4. The van der Waals surface area contributed by atoms with E-state index < -0.39 is 22.0 Å². The second-order valence-corrected chi connectivity index (χ2v) is 11.7. The summed E-state index contributed by atoms with van der Waals surface area (Å²) in [7, 11) is -2.68. The van der Waals surface area contributed by atoms with Crippen LogP contribution in [0.3, 0.4) is 0 Å². The highest BCUT2D eigenvalue weighted by molar-refractivity contribution is 7.92. The molecule has 1 heterocycles. The Hall–Kier alpha value is -3.57. The van der Waals surface area contributed by atoms with Gasteiger partial charge in [0.05, 0.1) is 32.6 Å². The summed E-state index contributed by atoms with van der Waals surface area (Å²) >= 11 is 13.2. The number of carbonyl (C=O) groups excluding carboxylic acids is 2. The molecule has 3 N–H and O–H groups in total. The molecule has 8 nitrogen and oxygen atoms in total. The van der Waals surface area contributed by atoms with E-state index in [0.29, 0.717) is 4.88 Å². The normalized spacial score (nSPS) is 11.9. The van der Waals surface area contributed by atoms with Crippen molar-refractivity contribution in [2.24, 2.45) is 0 Å². The van der Waals surface area contributed by atoms with Crippen LogP contribution in [-0.4, -0.2) is 33.4 Å². The van der Waals surface area contributed by atoms with E-state index in [0.717, 1.165) is 5.56 Å². The Balaban J connectivity index is 1.57. The molecule has 1 atom stereocenters. The number of anilines is 2. The average Bonchev–Trinajstić information content (AvgIpc) is 3.46. The van der Waals surface area contributed by atoms with Crippen molar-refractivity contribution in [1.29, 1.82) is 0 Å². The van der Waals surface area contributed by atoms with Gasteiger partial charge in [0.25, 0.3) is 15.9 Å². The quantitative estimate of drug-likeness (QED) is 0.210. The Labute approximate surface area is 240 Å². The number of methoxy groups -OCH3 is 1. The lowest BCUT2D eigenvalue weighted by atomic mass is 10.0. The van der Waals surface area contributed by atoms with Crippen LogP contribution in [0.1, 0.15) is 15.2 Å². The van der Waals surface area contributed by atoms with Crippen LogP contribution in [-0.2, 0) is 21.2 Å². The van der Waals surface area contributed by atoms with Crippen LogP contribution < -0.4 is 20.1 Å². The first-order valence-electron chi connectivity index (χ1n) is 11.5. The summed E-state index contributed by atoms with van der Waals surface area (Å²) in [6, 6.07) is 20.2. The number of ether oxygens (including phenoxy) is 1. The molecule has 0 saturated heterocycles. The van der Waals surface area contributed by atoms with Crippen molar-refractivity contribution < 1.29 is 22.7 Å². The van der Waals surface area contributed by atoms with Gasteiger partial charge in [-0.15, -0.1) is 11.3 Å². The van der Waals surface area contributed by atoms with Gasteiger partial charge in [-0.2, -0.15) is 0 Å². The van der Waals surface area contributed by atoms with Gasteiger partial charge < -0.3 is 15.4 Å². The van der Waals surface area contributed by atoms with E-state index in [1.165, 1.54) is 48.8 Å². The molecule has 39 heavy (non-hydrogen) atoms. The van der Waals surface area contributed by atoms with Gasteiger partial charge in [0.2, 0.25) is 5.91 Å². The maximum Gasteiger partial charge on any atom is 0.262 e. The summed E-state index contributed by atoms with van der Waals surface area (Å²) in [5.74, 6) is -0.624. The number of amides is 2. The molecule has 0 fully saturated rings. The minimum Gasteiger partial charge on any atom is -0.495 e. The van der Waals surface area contributed by atoms with E-state index in [1.807, 2.05) is 30.3 Å². The zero-order valence-corrected chi connectivity index (χ0v) is 23.6. The molecule has 3 aromatic carbocycles. The fourth-order valence-electron chi connectivity index (χ4n) is 3.64. The van der Waals surface area contributed by atoms with Gasteiger partial charge in [0.15, 0.2) is 0 Å². The van der Waals surface area contributed by atoms with E-state index in [4.69, 9.17) is 27.9 Å². The number of thiophene rings is 1. The average molecular weight is 605 g/mol. The zero-order chi connectivity index (χ0) is 28.0. The first-order valence-corrected chi connectivity index (χ1v) is 14.6. The molecule has 4 aromatic rings. The van der Waals surface area contributed by atoms with Crippen molar-refractivity contribution in [2.75, 3.05) is 17.1 Å². The topological polar surface area (TPSA) is 114 Å². The van der Waals surface area contributed by atoms with Crippen LogP contribution in [0, 0.1) is 0 Å². The fourth-order valence-corrected chi connectivity index (χ4v) is 5.72. The van der Waals surface area contributed by atoms with Gasteiger partial charge >= 0.3 is 0 Å². The van der Waals surface area contributed by atoms with Crippen LogP contribution in [0.2, 0.25) is 10.0 Å². The van der Waals surface area contributed by atoms with Crippen LogP contribution >= 0.6 is 34.5 Å². The number of benzene rings is 3. The third-order valence-electron chi connectivity index (χ3n) is 5.56. The Morgan fingerprint density at radius 2 is 1.72 bits per heavy atom. The minimum absolute atomic E-state index is 0.0848. The third-order valence-corrected chi connectivity index (χ3v) is 8.53.